The third kappa shape index (κ3) is 4.17. The molecule has 6 heteroatoms. The standard InChI is InChI=1S/C23H25N3O3/c1-16(17-6-4-3-5-7-17)12-24-23(27)22-20-14-29-21(13-26(20)15-25-22)18-8-10-19(28-2)11-9-18/h3-11,15-16,21H,12-14H2,1-2H3,(H,24,27). The van der Waals surface area contributed by atoms with Crippen LogP contribution >= 0.6 is 0 Å². The summed E-state index contributed by atoms with van der Waals surface area (Å²) in [4.78, 5) is 17.0. The summed E-state index contributed by atoms with van der Waals surface area (Å²) in [7, 11) is 1.65. The number of carbonyl (C=O) groups is 1. The Morgan fingerprint density at radius 2 is 2.00 bits per heavy atom. The minimum atomic E-state index is -0.159. The number of hydrogen-bond acceptors (Lipinski definition) is 4. The summed E-state index contributed by atoms with van der Waals surface area (Å²) in [6, 6.07) is 18.0. The maximum atomic E-state index is 12.7. The van der Waals surface area contributed by atoms with E-state index in [1.54, 1.807) is 13.4 Å². The Balaban J connectivity index is 1.40. The van der Waals surface area contributed by atoms with Crippen LogP contribution < -0.4 is 10.1 Å². The molecule has 0 radical (unpaired) electrons. The lowest BCUT2D eigenvalue weighted by Crippen LogP contribution is -2.30. The van der Waals surface area contributed by atoms with Gasteiger partial charge >= 0.3 is 0 Å². The lowest BCUT2D eigenvalue weighted by Gasteiger charge is -2.25. The van der Waals surface area contributed by atoms with Gasteiger partial charge in [-0.05, 0) is 29.2 Å². The molecule has 2 atom stereocenters. The molecule has 150 valence electrons. The summed E-state index contributed by atoms with van der Waals surface area (Å²) in [5.74, 6) is 0.888. The highest BCUT2D eigenvalue weighted by atomic mass is 16.5. The molecule has 2 unspecified atom stereocenters. The van der Waals surface area contributed by atoms with Crippen molar-refractivity contribution in [2.24, 2.45) is 0 Å². The zero-order chi connectivity index (χ0) is 20.2. The van der Waals surface area contributed by atoms with E-state index in [0.717, 1.165) is 17.0 Å². The lowest BCUT2D eigenvalue weighted by atomic mass is 10.0. The predicted octanol–water partition coefficient (Wildman–Crippen LogP) is 3.70. The first-order valence-electron chi connectivity index (χ1n) is 9.78. The Labute approximate surface area is 170 Å². The number of aromatic nitrogens is 2. The highest BCUT2D eigenvalue weighted by Crippen LogP contribution is 2.29. The molecule has 0 bridgehead atoms. The van der Waals surface area contributed by atoms with Crippen molar-refractivity contribution < 1.29 is 14.3 Å². The number of benzene rings is 2. The number of fused-ring (bicyclic) bond motifs is 1. The summed E-state index contributed by atoms with van der Waals surface area (Å²) >= 11 is 0. The number of carbonyl (C=O) groups excluding carboxylic acids is 1. The Hall–Kier alpha value is -3.12. The van der Waals surface area contributed by atoms with Gasteiger partial charge in [-0.3, -0.25) is 4.79 Å². The van der Waals surface area contributed by atoms with Gasteiger partial charge in [0.05, 0.1) is 32.3 Å². The van der Waals surface area contributed by atoms with Gasteiger partial charge in [-0.25, -0.2) is 4.98 Å². The normalized spacial score (nSPS) is 16.7. The third-order valence-electron chi connectivity index (χ3n) is 5.37. The molecule has 2 heterocycles. The summed E-state index contributed by atoms with van der Waals surface area (Å²) in [6.45, 7) is 3.64. The predicted molar refractivity (Wildman–Crippen MR) is 110 cm³/mol. The maximum Gasteiger partial charge on any atom is 0.271 e. The minimum Gasteiger partial charge on any atom is -0.497 e. The van der Waals surface area contributed by atoms with Crippen LogP contribution in [0, 0.1) is 0 Å². The van der Waals surface area contributed by atoms with Crippen molar-refractivity contribution in [2.45, 2.75) is 32.1 Å². The SMILES string of the molecule is COc1ccc(C2Cn3cnc(C(=O)NCC(C)c4ccccc4)c3CO2)cc1. The zero-order valence-electron chi connectivity index (χ0n) is 16.7. The number of methoxy groups -OCH3 is 1. The fourth-order valence-corrected chi connectivity index (χ4v) is 3.57. The van der Waals surface area contributed by atoms with Crippen molar-refractivity contribution in [1.82, 2.24) is 14.9 Å². The van der Waals surface area contributed by atoms with E-state index in [1.807, 2.05) is 47.0 Å². The van der Waals surface area contributed by atoms with E-state index in [9.17, 15) is 4.79 Å². The van der Waals surface area contributed by atoms with Crippen molar-refractivity contribution in [1.29, 1.82) is 0 Å². The van der Waals surface area contributed by atoms with Crippen LogP contribution in [0.3, 0.4) is 0 Å². The molecule has 0 saturated carbocycles. The van der Waals surface area contributed by atoms with E-state index in [2.05, 4.69) is 29.4 Å². The minimum absolute atomic E-state index is 0.0726. The molecule has 1 aromatic heterocycles. The van der Waals surface area contributed by atoms with Gasteiger partial charge in [-0.15, -0.1) is 0 Å². The smallest absolute Gasteiger partial charge is 0.271 e. The Kier molecular flexibility index (Phi) is 5.62. The second-order valence-corrected chi connectivity index (χ2v) is 7.29. The number of nitrogens with zero attached hydrogens (tertiary/aromatic N) is 2. The van der Waals surface area contributed by atoms with Gasteiger partial charge in [-0.1, -0.05) is 49.4 Å². The molecule has 1 aliphatic rings. The maximum absolute atomic E-state index is 12.7. The number of ether oxygens (including phenoxy) is 2. The Bertz CT molecular complexity index is 967. The lowest BCUT2D eigenvalue weighted by molar-refractivity contribution is 0.00255. The second-order valence-electron chi connectivity index (χ2n) is 7.29. The zero-order valence-corrected chi connectivity index (χ0v) is 16.7. The molecule has 0 saturated heterocycles. The van der Waals surface area contributed by atoms with Crippen molar-refractivity contribution in [3.05, 3.63) is 83.4 Å². The van der Waals surface area contributed by atoms with Gasteiger partial charge in [0.2, 0.25) is 0 Å². The molecule has 1 aliphatic heterocycles. The number of amides is 1. The van der Waals surface area contributed by atoms with Gasteiger partial charge in [0.25, 0.3) is 5.91 Å². The van der Waals surface area contributed by atoms with Crippen LogP contribution in [0.15, 0.2) is 60.9 Å². The Morgan fingerprint density at radius 1 is 1.24 bits per heavy atom. The average Bonchev–Trinajstić information content (AvgIpc) is 3.21. The van der Waals surface area contributed by atoms with E-state index >= 15 is 0 Å². The van der Waals surface area contributed by atoms with Crippen molar-refractivity contribution in [3.63, 3.8) is 0 Å². The number of imidazole rings is 1. The second kappa shape index (κ2) is 8.49. The average molecular weight is 391 g/mol. The molecular weight excluding hydrogens is 366 g/mol. The van der Waals surface area contributed by atoms with Crippen molar-refractivity contribution >= 4 is 5.91 Å². The van der Waals surface area contributed by atoms with Crippen molar-refractivity contribution in [3.8, 4) is 5.75 Å². The van der Waals surface area contributed by atoms with Crippen LogP contribution in [0.1, 0.15) is 46.3 Å². The van der Waals surface area contributed by atoms with E-state index in [4.69, 9.17) is 9.47 Å². The quantitative estimate of drug-likeness (QED) is 0.696. The molecule has 4 rings (SSSR count). The van der Waals surface area contributed by atoms with Gasteiger partial charge in [0, 0.05) is 6.54 Å². The molecule has 2 aromatic carbocycles. The van der Waals surface area contributed by atoms with Gasteiger partial charge < -0.3 is 19.4 Å². The largest absolute Gasteiger partial charge is 0.497 e. The molecular formula is C23H25N3O3. The topological polar surface area (TPSA) is 65.4 Å². The summed E-state index contributed by atoms with van der Waals surface area (Å²) in [5, 5.41) is 3.00. The fourth-order valence-electron chi connectivity index (χ4n) is 3.57. The molecule has 0 aliphatic carbocycles. The monoisotopic (exact) mass is 391 g/mol. The summed E-state index contributed by atoms with van der Waals surface area (Å²) in [6.07, 6.45) is 1.65. The van der Waals surface area contributed by atoms with Crippen LogP contribution in [0.2, 0.25) is 0 Å². The van der Waals surface area contributed by atoms with Crippen molar-refractivity contribution in [2.75, 3.05) is 13.7 Å². The highest BCUT2D eigenvalue weighted by molar-refractivity contribution is 5.93. The molecule has 1 amide bonds. The van der Waals surface area contributed by atoms with E-state index in [1.165, 1.54) is 5.56 Å². The van der Waals surface area contributed by atoms with Gasteiger partial charge in [0.15, 0.2) is 5.69 Å². The highest BCUT2D eigenvalue weighted by Gasteiger charge is 2.26. The molecule has 0 spiro atoms. The van der Waals surface area contributed by atoms with E-state index in [-0.39, 0.29) is 17.9 Å². The summed E-state index contributed by atoms with van der Waals surface area (Å²) in [5.41, 5.74) is 3.54. The first-order chi connectivity index (χ1) is 14.2. The van der Waals surface area contributed by atoms with E-state index in [0.29, 0.717) is 25.4 Å². The molecule has 29 heavy (non-hydrogen) atoms. The number of nitrogens with one attached hydrogen (secondary N) is 1. The first kappa shape index (κ1) is 19.2. The van der Waals surface area contributed by atoms with Crippen LogP contribution in [0.4, 0.5) is 0 Å². The van der Waals surface area contributed by atoms with Crippen LogP contribution in [-0.2, 0) is 17.9 Å². The first-order valence-corrected chi connectivity index (χ1v) is 9.78. The summed E-state index contributed by atoms with van der Waals surface area (Å²) < 4.78 is 13.2. The van der Waals surface area contributed by atoms with E-state index < -0.39 is 0 Å². The van der Waals surface area contributed by atoms with Gasteiger partial charge in [-0.2, -0.15) is 0 Å². The number of hydrogen-bond donors (Lipinski definition) is 1. The molecule has 6 nitrogen and oxygen atoms in total. The third-order valence-corrected chi connectivity index (χ3v) is 5.37. The van der Waals surface area contributed by atoms with Crippen LogP contribution in [0.25, 0.3) is 0 Å². The molecule has 3 aromatic rings. The van der Waals surface area contributed by atoms with Gasteiger partial charge in [0.1, 0.15) is 11.9 Å². The molecule has 0 fully saturated rings. The van der Waals surface area contributed by atoms with Crippen LogP contribution in [0.5, 0.6) is 5.75 Å². The van der Waals surface area contributed by atoms with Crippen LogP contribution in [-0.4, -0.2) is 29.1 Å². The fraction of sp³-hybridized carbons (Fsp3) is 0.304. The number of rotatable bonds is 6. The Morgan fingerprint density at radius 3 is 2.72 bits per heavy atom. The molecule has 1 N–H and O–H groups in total.